The highest BCUT2D eigenvalue weighted by Crippen LogP contribution is 2.27. The highest BCUT2D eigenvalue weighted by atomic mass is 16.5. The molecule has 0 bridgehead atoms. The summed E-state index contributed by atoms with van der Waals surface area (Å²) in [5.41, 5.74) is 7.10. The van der Waals surface area contributed by atoms with Gasteiger partial charge < -0.3 is 13.7 Å². The van der Waals surface area contributed by atoms with E-state index >= 15 is 0 Å². The van der Waals surface area contributed by atoms with Crippen molar-refractivity contribution in [1.82, 2.24) is 21.0 Å². The number of ether oxygens (including phenoxy) is 1. The van der Waals surface area contributed by atoms with Crippen molar-refractivity contribution in [3.8, 4) is 17.2 Å². The van der Waals surface area contributed by atoms with Gasteiger partial charge in [0.25, 0.3) is 17.5 Å². The van der Waals surface area contributed by atoms with E-state index in [1.165, 1.54) is 6.26 Å². The number of pyridine rings is 1. The van der Waals surface area contributed by atoms with Crippen molar-refractivity contribution in [3.05, 3.63) is 65.5 Å². The molecule has 158 valence electrons. The Kier molecular flexibility index (Phi) is 5.65. The zero-order chi connectivity index (χ0) is 21.8. The van der Waals surface area contributed by atoms with Crippen molar-refractivity contribution in [2.45, 2.75) is 20.3 Å². The fourth-order valence-electron chi connectivity index (χ4n) is 3.13. The number of fused-ring (bicyclic) bond motifs is 1. The summed E-state index contributed by atoms with van der Waals surface area (Å²) in [6.07, 6.45) is 2.28. The lowest BCUT2D eigenvalue weighted by Crippen LogP contribution is -2.44. The molecular formula is C22H20N4O5. The van der Waals surface area contributed by atoms with Gasteiger partial charge in [-0.3, -0.25) is 20.4 Å². The van der Waals surface area contributed by atoms with Crippen LogP contribution in [0.5, 0.6) is 5.75 Å². The van der Waals surface area contributed by atoms with Gasteiger partial charge in [0.1, 0.15) is 11.4 Å². The van der Waals surface area contributed by atoms with Crippen LogP contribution in [0.2, 0.25) is 0 Å². The van der Waals surface area contributed by atoms with Crippen molar-refractivity contribution >= 4 is 22.9 Å². The number of hydrazine groups is 1. The number of aromatic nitrogens is 2. The predicted molar refractivity (Wildman–Crippen MR) is 111 cm³/mol. The van der Waals surface area contributed by atoms with Crippen molar-refractivity contribution in [1.29, 1.82) is 0 Å². The monoisotopic (exact) mass is 420 g/mol. The topological polar surface area (TPSA) is 119 Å². The van der Waals surface area contributed by atoms with Gasteiger partial charge in [0.2, 0.25) is 0 Å². The summed E-state index contributed by atoms with van der Waals surface area (Å²) in [6.45, 7) is 3.46. The highest BCUT2D eigenvalue weighted by Gasteiger charge is 2.20. The number of amides is 2. The first-order valence-electron chi connectivity index (χ1n) is 9.67. The molecule has 2 amide bonds. The molecule has 9 heteroatoms. The molecule has 0 saturated heterocycles. The molecule has 0 aliphatic rings. The van der Waals surface area contributed by atoms with Crippen LogP contribution >= 0.6 is 0 Å². The van der Waals surface area contributed by atoms with Crippen LogP contribution in [0.25, 0.3) is 22.6 Å². The van der Waals surface area contributed by atoms with E-state index in [0.29, 0.717) is 28.3 Å². The molecule has 2 N–H and O–H groups in total. The van der Waals surface area contributed by atoms with E-state index in [2.05, 4.69) is 21.0 Å². The number of para-hydroxylation sites is 1. The summed E-state index contributed by atoms with van der Waals surface area (Å²) in [5, 5.41) is 4.33. The lowest BCUT2D eigenvalue weighted by Gasteiger charge is -2.11. The maximum absolute atomic E-state index is 12.8. The number of benzene rings is 1. The number of nitrogens with zero attached hydrogens (tertiary/aromatic N) is 2. The third-order valence-corrected chi connectivity index (χ3v) is 4.66. The van der Waals surface area contributed by atoms with Crippen LogP contribution in [0.1, 0.15) is 28.5 Å². The molecule has 0 unspecified atom stereocenters. The Morgan fingerprint density at radius 1 is 1.13 bits per heavy atom. The lowest BCUT2D eigenvalue weighted by molar-refractivity contribution is -0.123. The Labute approximate surface area is 177 Å². The zero-order valence-corrected chi connectivity index (χ0v) is 17.0. The minimum absolute atomic E-state index is 0.197. The summed E-state index contributed by atoms with van der Waals surface area (Å²) in [6, 6.07) is 12.5. The summed E-state index contributed by atoms with van der Waals surface area (Å²) in [5.74, 6) is 0.0502. The second kappa shape index (κ2) is 8.70. The molecule has 0 radical (unpaired) electrons. The molecule has 4 rings (SSSR count). The minimum Gasteiger partial charge on any atom is -0.483 e. The first-order valence-corrected chi connectivity index (χ1v) is 9.67. The van der Waals surface area contributed by atoms with Crippen LogP contribution in [0.15, 0.2) is 57.7 Å². The van der Waals surface area contributed by atoms with Gasteiger partial charge in [0, 0.05) is 0 Å². The number of furan rings is 1. The number of rotatable bonds is 6. The van der Waals surface area contributed by atoms with Gasteiger partial charge >= 0.3 is 0 Å². The molecule has 0 atom stereocenters. The standard InChI is InChI=1S/C22H20N4O5/c1-3-14-7-4-5-8-17(14)30-12-19(27)24-25-21(28)15-11-16(18-9-6-10-29-18)23-22-20(15)13(2)26-31-22/h4-11H,3,12H2,1-2H3,(H,24,27)(H,25,28). The molecule has 0 aliphatic heterocycles. The normalized spacial score (nSPS) is 10.8. The minimum atomic E-state index is -0.547. The van der Waals surface area contributed by atoms with Gasteiger partial charge in [0.05, 0.1) is 22.9 Å². The van der Waals surface area contributed by atoms with E-state index in [1.807, 2.05) is 25.1 Å². The quantitative estimate of drug-likeness (QED) is 0.460. The Morgan fingerprint density at radius 3 is 2.74 bits per heavy atom. The molecule has 3 aromatic heterocycles. The number of carbonyl (C=O) groups is 2. The maximum Gasteiger partial charge on any atom is 0.276 e. The summed E-state index contributed by atoms with van der Waals surface area (Å²) < 4.78 is 16.1. The molecule has 0 saturated carbocycles. The van der Waals surface area contributed by atoms with Crippen LogP contribution in [-0.4, -0.2) is 28.6 Å². The largest absolute Gasteiger partial charge is 0.483 e. The van der Waals surface area contributed by atoms with Gasteiger partial charge in [0.15, 0.2) is 12.4 Å². The van der Waals surface area contributed by atoms with E-state index in [1.54, 1.807) is 31.2 Å². The highest BCUT2D eigenvalue weighted by molar-refractivity contribution is 6.07. The smallest absolute Gasteiger partial charge is 0.276 e. The van der Waals surface area contributed by atoms with E-state index in [4.69, 9.17) is 13.7 Å². The summed E-state index contributed by atoms with van der Waals surface area (Å²) in [7, 11) is 0. The van der Waals surface area contributed by atoms with Gasteiger partial charge in [-0.2, -0.15) is 0 Å². The molecule has 4 aromatic rings. The van der Waals surface area contributed by atoms with Crippen molar-refractivity contribution in [2.24, 2.45) is 0 Å². The first-order chi connectivity index (χ1) is 15.1. The van der Waals surface area contributed by atoms with E-state index < -0.39 is 11.8 Å². The lowest BCUT2D eigenvalue weighted by atomic mass is 10.1. The predicted octanol–water partition coefficient (Wildman–Crippen LogP) is 3.19. The van der Waals surface area contributed by atoms with E-state index in [9.17, 15) is 9.59 Å². The van der Waals surface area contributed by atoms with Gasteiger partial charge in [-0.25, -0.2) is 4.98 Å². The van der Waals surface area contributed by atoms with Gasteiger partial charge in [-0.1, -0.05) is 30.3 Å². The number of hydrogen-bond acceptors (Lipinski definition) is 7. The van der Waals surface area contributed by atoms with Crippen molar-refractivity contribution in [2.75, 3.05) is 6.61 Å². The van der Waals surface area contributed by atoms with Gasteiger partial charge in [-0.15, -0.1) is 0 Å². The van der Waals surface area contributed by atoms with E-state index in [-0.39, 0.29) is 17.9 Å². The zero-order valence-electron chi connectivity index (χ0n) is 17.0. The molecule has 0 aliphatic carbocycles. The van der Waals surface area contributed by atoms with E-state index in [0.717, 1.165) is 12.0 Å². The van der Waals surface area contributed by atoms with Crippen LogP contribution in [0, 0.1) is 6.92 Å². The average molecular weight is 420 g/mol. The average Bonchev–Trinajstić information content (AvgIpc) is 3.46. The van der Waals surface area contributed by atoms with Crippen LogP contribution < -0.4 is 15.6 Å². The molecule has 1 aromatic carbocycles. The fourth-order valence-corrected chi connectivity index (χ4v) is 3.13. The van der Waals surface area contributed by atoms with Crippen LogP contribution in [0.3, 0.4) is 0 Å². The Hall–Kier alpha value is -4.14. The summed E-state index contributed by atoms with van der Waals surface area (Å²) >= 11 is 0. The maximum atomic E-state index is 12.8. The number of aryl methyl sites for hydroxylation is 2. The summed E-state index contributed by atoms with van der Waals surface area (Å²) in [4.78, 5) is 29.3. The van der Waals surface area contributed by atoms with Crippen LogP contribution in [-0.2, 0) is 11.2 Å². The molecule has 3 heterocycles. The Morgan fingerprint density at radius 2 is 1.97 bits per heavy atom. The second-order valence-corrected chi connectivity index (χ2v) is 6.73. The first kappa shape index (κ1) is 20.1. The molecule has 0 fully saturated rings. The Balaban J connectivity index is 1.47. The Bertz CT molecular complexity index is 1230. The third-order valence-electron chi connectivity index (χ3n) is 4.66. The van der Waals surface area contributed by atoms with Crippen molar-refractivity contribution < 1.29 is 23.3 Å². The van der Waals surface area contributed by atoms with Crippen LogP contribution in [0.4, 0.5) is 0 Å². The second-order valence-electron chi connectivity index (χ2n) is 6.73. The number of hydrogen-bond donors (Lipinski definition) is 2. The third kappa shape index (κ3) is 4.25. The molecule has 31 heavy (non-hydrogen) atoms. The van der Waals surface area contributed by atoms with Crippen molar-refractivity contribution in [3.63, 3.8) is 0 Å². The number of carbonyl (C=O) groups excluding carboxylic acids is 2. The van der Waals surface area contributed by atoms with Gasteiger partial charge in [-0.05, 0) is 43.2 Å². The molecule has 9 nitrogen and oxygen atoms in total. The SMILES string of the molecule is CCc1ccccc1OCC(=O)NNC(=O)c1cc(-c2ccco2)nc2onc(C)c12. The number of nitrogens with one attached hydrogen (secondary N) is 2. The molecule has 0 spiro atoms. The fraction of sp³-hybridized carbons (Fsp3) is 0.182. The molecular weight excluding hydrogens is 400 g/mol.